The van der Waals surface area contributed by atoms with Crippen LogP contribution < -0.4 is 0 Å². The number of unbranched alkanes of at least 4 members (excludes halogenated alkanes) is 5. The standard InChI is InChI=1S/C14H22O3S.Ca/c1-2-3-4-5-6-10-13-17-18(15,16)14-11-8-7-9-12-14;/h7-9,11-12H,2-6,10,13H2,1H3;. The molecule has 104 valence electrons. The van der Waals surface area contributed by atoms with Crippen molar-refractivity contribution in [3.63, 3.8) is 0 Å². The summed E-state index contributed by atoms with van der Waals surface area (Å²) in [5.74, 6) is 0. The third kappa shape index (κ3) is 8.30. The Labute approximate surface area is 146 Å². The van der Waals surface area contributed by atoms with Gasteiger partial charge >= 0.3 is 0 Å². The van der Waals surface area contributed by atoms with E-state index in [2.05, 4.69) is 6.92 Å². The Hall–Kier alpha value is 0.390. The van der Waals surface area contributed by atoms with Crippen LogP contribution in [0.15, 0.2) is 35.2 Å². The van der Waals surface area contributed by atoms with Crippen LogP contribution in [0.5, 0.6) is 0 Å². The summed E-state index contributed by atoms with van der Waals surface area (Å²) >= 11 is 0. The number of hydrogen-bond donors (Lipinski definition) is 0. The molecule has 0 amide bonds. The summed E-state index contributed by atoms with van der Waals surface area (Å²) in [6.45, 7) is 2.46. The van der Waals surface area contributed by atoms with E-state index in [1.165, 1.54) is 19.3 Å². The Morgan fingerprint density at radius 3 is 2.16 bits per heavy atom. The third-order valence-electron chi connectivity index (χ3n) is 2.77. The van der Waals surface area contributed by atoms with E-state index in [9.17, 15) is 8.42 Å². The predicted octanol–water partition coefficient (Wildman–Crippen LogP) is 3.37. The topological polar surface area (TPSA) is 43.4 Å². The van der Waals surface area contributed by atoms with E-state index in [0.29, 0.717) is 0 Å². The van der Waals surface area contributed by atoms with E-state index >= 15 is 0 Å². The second kappa shape index (κ2) is 11.1. The Kier molecular flexibility index (Phi) is 11.3. The van der Waals surface area contributed by atoms with Gasteiger partial charge in [0.2, 0.25) is 0 Å². The van der Waals surface area contributed by atoms with Crippen molar-refractivity contribution in [1.82, 2.24) is 0 Å². The van der Waals surface area contributed by atoms with Crippen LogP contribution in [0.3, 0.4) is 0 Å². The van der Waals surface area contributed by atoms with Crippen LogP contribution in [0.25, 0.3) is 0 Å². The maximum atomic E-state index is 11.7. The third-order valence-corrected chi connectivity index (χ3v) is 4.09. The van der Waals surface area contributed by atoms with Gasteiger partial charge in [-0.05, 0) is 18.6 Å². The molecular weight excluding hydrogens is 288 g/mol. The number of hydrogen-bond acceptors (Lipinski definition) is 3. The van der Waals surface area contributed by atoms with Crippen molar-refractivity contribution < 1.29 is 12.6 Å². The van der Waals surface area contributed by atoms with Crippen LogP contribution >= 0.6 is 0 Å². The molecule has 0 saturated carbocycles. The molecule has 0 aliphatic carbocycles. The Morgan fingerprint density at radius 2 is 1.53 bits per heavy atom. The molecule has 2 radical (unpaired) electrons. The van der Waals surface area contributed by atoms with Crippen molar-refractivity contribution in [1.29, 1.82) is 0 Å². The number of rotatable bonds is 9. The fourth-order valence-electron chi connectivity index (χ4n) is 1.71. The van der Waals surface area contributed by atoms with E-state index in [1.807, 2.05) is 0 Å². The molecule has 0 spiro atoms. The second-order valence-corrected chi connectivity index (χ2v) is 5.97. The first-order valence-corrected chi connectivity index (χ1v) is 8.02. The van der Waals surface area contributed by atoms with Crippen molar-refractivity contribution in [3.05, 3.63) is 30.3 Å². The Bertz CT molecular complexity index is 418. The minimum atomic E-state index is -3.56. The van der Waals surface area contributed by atoms with Gasteiger partial charge in [0.05, 0.1) is 11.5 Å². The summed E-state index contributed by atoms with van der Waals surface area (Å²) in [7, 11) is -3.56. The van der Waals surface area contributed by atoms with E-state index in [0.717, 1.165) is 19.3 Å². The average Bonchev–Trinajstić information content (AvgIpc) is 2.39. The molecule has 1 aromatic carbocycles. The Balaban J connectivity index is 0.00000324. The quantitative estimate of drug-likeness (QED) is 0.399. The van der Waals surface area contributed by atoms with Gasteiger partial charge in [-0.15, -0.1) is 0 Å². The van der Waals surface area contributed by atoms with Crippen LogP contribution in [0.2, 0.25) is 0 Å². The van der Waals surface area contributed by atoms with Crippen molar-refractivity contribution in [2.75, 3.05) is 6.61 Å². The van der Waals surface area contributed by atoms with Crippen molar-refractivity contribution in [3.8, 4) is 0 Å². The molecule has 0 fully saturated rings. The maximum Gasteiger partial charge on any atom is 0.296 e. The molecule has 0 bridgehead atoms. The predicted molar refractivity (Wildman–Crippen MR) is 78.7 cm³/mol. The van der Waals surface area contributed by atoms with E-state index < -0.39 is 10.1 Å². The van der Waals surface area contributed by atoms with Gasteiger partial charge in [0, 0.05) is 37.7 Å². The second-order valence-electron chi connectivity index (χ2n) is 4.36. The molecule has 0 N–H and O–H groups in total. The molecule has 0 saturated heterocycles. The fourth-order valence-corrected chi connectivity index (χ4v) is 2.67. The van der Waals surface area contributed by atoms with Crippen LogP contribution in [-0.2, 0) is 14.3 Å². The minimum Gasteiger partial charge on any atom is -0.266 e. The largest absolute Gasteiger partial charge is 0.296 e. The molecular formula is C14H22CaO3S. The summed E-state index contributed by atoms with van der Waals surface area (Å²) in [5.41, 5.74) is 0. The molecule has 3 nitrogen and oxygen atoms in total. The summed E-state index contributed by atoms with van der Waals surface area (Å²) in [6, 6.07) is 8.28. The van der Waals surface area contributed by atoms with E-state index in [1.54, 1.807) is 30.3 Å². The molecule has 0 unspecified atom stereocenters. The van der Waals surface area contributed by atoms with Crippen LogP contribution in [0, 0.1) is 0 Å². The van der Waals surface area contributed by atoms with Crippen LogP contribution in [0.1, 0.15) is 45.4 Å². The smallest absolute Gasteiger partial charge is 0.266 e. The van der Waals surface area contributed by atoms with Crippen molar-refractivity contribution in [2.45, 2.75) is 50.3 Å². The molecule has 0 aromatic heterocycles. The number of benzene rings is 1. The summed E-state index contributed by atoms with van der Waals surface area (Å²) < 4.78 is 28.5. The van der Waals surface area contributed by atoms with Gasteiger partial charge in [0.25, 0.3) is 10.1 Å². The summed E-state index contributed by atoms with van der Waals surface area (Å²) in [4.78, 5) is 0.232. The zero-order valence-electron chi connectivity index (χ0n) is 11.7. The molecule has 0 heterocycles. The molecule has 0 aliphatic heterocycles. The van der Waals surface area contributed by atoms with Gasteiger partial charge in [0.1, 0.15) is 0 Å². The monoisotopic (exact) mass is 310 g/mol. The van der Waals surface area contributed by atoms with Gasteiger partial charge in [-0.3, -0.25) is 4.18 Å². The molecule has 0 aliphatic rings. The van der Waals surface area contributed by atoms with Gasteiger partial charge in [-0.1, -0.05) is 57.2 Å². The van der Waals surface area contributed by atoms with Gasteiger partial charge < -0.3 is 0 Å². The zero-order chi connectivity index (χ0) is 13.3. The van der Waals surface area contributed by atoms with Crippen molar-refractivity contribution in [2.24, 2.45) is 0 Å². The average molecular weight is 310 g/mol. The molecule has 1 aromatic rings. The Morgan fingerprint density at radius 1 is 0.947 bits per heavy atom. The SMILES string of the molecule is CCCCCCCCOS(=O)(=O)c1ccccc1.[Ca]. The molecule has 1 rings (SSSR count). The van der Waals surface area contributed by atoms with Crippen LogP contribution in [0.4, 0.5) is 0 Å². The first-order valence-electron chi connectivity index (χ1n) is 6.61. The first kappa shape index (κ1) is 19.4. The maximum absolute atomic E-state index is 11.7. The fraction of sp³-hybridized carbons (Fsp3) is 0.571. The molecule has 5 heteroatoms. The van der Waals surface area contributed by atoms with Gasteiger partial charge in [-0.2, -0.15) is 8.42 Å². The summed E-state index contributed by atoms with van der Waals surface area (Å²) in [5, 5.41) is 0. The van der Waals surface area contributed by atoms with Crippen LogP contribution in [-0.4, -0.2) is 52.8 Å². The van der Waals surface area contributed by atoms with Crippen molar-refractivity contribution >= 4 is 47.9 Å². The van der Waals surface area contributed by atoms with Gasteiger partial charge in [-0.25, -0.2) is 0 Å². The van der Waals surface area contributed by atoms with E-state index in [-0.39, 0.29) is 49.2 Å². The first-order chi connectivity index (χ1) is 8.67. The van der Waals surface area contributed by atoms with Gasteiger partial charge in [0.15, 0.2) is 0 Å². The normalized spacial score (nSPS) is 11.0. The summed E-state index contributed by atoms with van der Waals surface area (Å²) in [6.07, 6.45) is 6.69. The zero-order valence-corrected chi connectivity index (χ0v) is 14.7. The molecule has 0 atom stereocenters. The van der Waals surface area contributed by atoms with E-state index in [4.69, 9.17) is 4.18 Å². The molecule has 19 heavy (non-hydrogen) atoms. The minimum absolute atomic E-state index is 0.